The summed E-state index contributed by atoms with van der Waals surface area (Å²) in [4.78, 5) is 25.2. The third-order valence-corrected chi connectivity index (χ3v) is 5.40. The van der Waals surface area contributed by atoms with E-state index < -0.39 is 0 Å². The minimum absolute atomic E-state index is 0.0480. The molecule has 0 unspecified atom stereocenters. The first kappa shape index (κ1) is 20.5. The summed E-state index contributed by atoms with van der Waals surface area (Å²) >= 11 is 1.45. The number of amides is 3. The molecule has 3 amide bonds. The maximum absolute atomic E-state index is 12.2. The molecule has 6 heteroatoms. The van der Waals surface area contributed by atoms with Gasteiger partial charge in [-0.15, -0.1) is 11.8 Å². The van der Waals surface area contributed by atoms with E-state index in [9.17, 15) is 9.59 Å². The molecule has 3 aromatic rings. The summed E-state index contributed by atoms with van der Waals surface area (Å²) in [5.74, 6) is 0.266. The Morgan fingerprint density at radius 1 is 0.759 bits per heavy atom. The molecule has 0 fully saturated rings. The van der Waals surface area contributed by atoms with Gasteiger partial charge in [0.1, 0.15) is 0 Å². The van der Waals surface area contributed by atoms with Crippen LogP contribution >= 0.6 is 11.8 Å². The van der Waals surface area contributed by atoms with Gasteiger partial charge in [0.25, 0.3) is 0 Å². The predicted octanol–water partition coefficient (Wildman–Crippen LogP) is 5.68. The number of urea groups is 1. The highest BCUT2D eigenvalue weighted by atomic mass is 32.2. The van der Waals surface area contributed by atoms with Crippen LogP contribution in [-0.2, 0) is 4.79 Å². The smallest absolute Gasteiger partial charge is 0.323 e. The minimum Gasteiger partial charge on any atom is -0.325 e. The topological polar surface area (TPSA) is 70.2 Å². The Morgan fingerprint density at radius 2 is 1.41 bits per heavy atom. The van der Waals surface area contributed by atoms with Crippen molar-refractivity contribution in [3.63, 3.8) is 0 Å². The van der Waals surface area contributed by atoms with Gasteiger partial charge in [-0.25, -0.2) is 4.79 Å². The third-order valence-electron chi connectivity index (χ3n) is 4.39. The number of carbonyl (C=O) groups excluding carboxylic acids is 2. The second-order valence-corrected chi connectivity index (χ2v) is 7.60. The molecular formula is C23H23N3O2S. The zero-order valence-electron chi connectivity index (χ0n) is 16.4. The molecule has 29 heavy (non-hydrogen) atoms. The van der Waals surface area contributed by atoms with Crippen LogP contribution in [0.25, 0.3) is 0 Å². The summed E-state index contributed by atoms with van der Waals surface area (Å²) < 4.78 is 0. The van der Waals surface area contributed by atoms with E-state index in [0.717, 1.165) is 27.4 Å². The fourth-order valence-electron chi connectivity index (χ4n) is 2.67. The van der Waals surface area contributed by atoms with Crippen LogP contribution in [0.1, 0.15) is 11.1 Å². The van der Waals surface area contributed by atoms with Gasteiger partial charge in [-0.05, 0) is 67.4 Å². The lowest BCUT2D eigenvalue weighted by molar-refractivity contribution is -0.113. The quantitative estimate of drug-likeness (QED) is 0.462. The number of rotatable bonds is 6. The van der Waals surface area contributed by atoms with Crippen LogP contribution in [-0.4, -0.2) is 17.7 Å². The molecule has 0 aromatic heterocycles. The zero-order valence-corrected chi connectivity index (χ0v) is 17.2. The Labute approximate surface area is 174 Å². The van der Waals surface area contributed by atoms with E-state index >= 15 is 0 Å². The molecule has 0 aliphatic rings. The number of carbonyl (C=O) groups is 2. The second kappa shape index (κ2) is 9.80. The number of benzene rings is 3. The first-order valence-corrected chi connectivity index (χ1v) is 10.2. The number of aryl methyl sites for hydroxylation is 1. The molecule has 0 bridgehead atoms. The molecule has 5 nitrogen and oxygen atoms in total. The summed E-state index contributed by atoms with van der Waals surface area (Å²) in [5.41, 5.74) is 4.49. The van der Waals surface area contributed by atoms with Gasteiger partial charge in [-0.2, -0.15) is 0 Å². The van der Waals surface area contributed by atoms with Crippen LogP contribution in [0.3, 0.4) is 0 Å². The van der Waals surface area contributed by atoms with E-state index in [1.165, 1.54) is 11.8 Å². The maximum atomic E-state index is 12.2. The summed E-state index contributed by atoms with van der Waals surface area (Å²) in [7, 11) is 0. The summed E-state index contributed by atoms with van der Waals surface area (Å²) in [6.07, 6.45) is 0. The summed E-state index contributed by atoms with van der Waals surface area (Å²) in [5, 5.41) is 8.51. The Kier molecular flexibility index (Phi) is 6.92. The molecule has 3 aromatic carbocycles. The molecule has 0 saturated carbocycles. The number of anilines is 3. The van der Waals surface area contributed by atoms with E-state index in [4.69, 9.17) is 0 Å². The SMILES string of the molecule is Cc1cccc(NC(=O)CSc2ccc(NC(=O)Nc3ccccc3)cc2)c1C. The fourth-order valence-corrected chi connectivity index (χ4v) is 3.37. The molecule has 3 rings (SSSR count). The van der Waals surface area contributed by atoms with E-state index in [2.05, 4.69) is 16.0 Å². The molecule has 0 aliphatic carbocycles. The van der Waals surface area contributed by atoms with Crippen LogP contribution < -0.4 is 16.0 Å². The van der Waals surface area contributed by atoms with Gasteiger partial charge in [-0.3, -0.25) is 4.79 Å². The average molecular weight is 406 g/mol. The lowest BCUT2D eigenvalue weighted by Crippen LogP contribution is -2.19. The van der Waals surface area contributed by atoms with Crippen molar-refractivity contribution in [2.45, 2.75) is 18.7 Å². The van der Waals surface area contributed by atoms with Gasteiger partial charge >= 0.3 is 6.03 Å². The van der Waals surface area contributed by atoms with Gasteiger partial charge in [0.05, 0.1) is 5.75 Å². The number of thioether (sulfide) groups is 1. The molecular weight excluding hydrogens is 382 g/mol. The lowest BCUT2D eigenvalue weighted by Gasteiger charge is -2.10. The van der Waals surface area contributed by atoms with Crippen molar-refractivity contribution < 1.29 is 9.59 Å². The van der Waals surface area contributed by atoms with Crippen LogP contribution in [0.15, 0.2) is 77.7 Å². The molecule has 0 heterocycles. The van der Waals surface area contributed by atoms with Crippen molar-refractivity contribution in [1.82, 2.24) is 0 Å². The van der Waals surface area contributed by atoms with Crippen LogP contribution in [0.4, 0.5) is 21.9 Å². The van der Waals surface area contributed by atoms with Crippen LogP contribution in [0.5, 0.6) is 0 Å². The Hall–Kier alpha value is -3.25. The highest BCUT2D eigenvalue weighted by Gasteiger charge is 2.07. The minimum atomic E-state index is -0.301. The molecule has 3 N–H and O–H groups in total. The number of hydrogen-bond donors (Lipinski definition) is 3. The Morgan fingerprint density at radius 3 is 2.10 bits per heavy atom. The number of hydrogen-bond acceptors (Lipinski definition) is 3. The van der Waals surface area contributed by atoms with Crippen molar-refractivity contribution in [2.24, 2.45) is 0 Å². The second-order valence-electron chi connectivity index (χ2n) is 6.55. The standard InChI is InChI=1S/C23H23N3O2S/c1-16-7-6-10-21(17(16)2)26-22(27)15-29-20-13-11-19(12-14-20)25-23(28)24-18-8-4-3-5-9-18/h3-14H,15H2,1-2H3,(H,26,27)(H2,24,25,28). The monoisotopic (exact) mass is 405 g/mol. The third kappa shape index (κ3) is 6.12. The van der Waals surface area contributed by atoms with Crippen molar-refractivity contribution in [1.29, 1.82) is 0 Å². The normalized spacial score (nSPS) is 10.3. The summed E-state index contributed by atoms with van der Waals surface area (Å²) in [6.45, 7) is 4.02. The number of para-hydroxylation sites is 1. The van der Waals surface area contributed by atoms with Crippen LogP contribution in [0.2, 0.25) is 0 Å². The van der Waals surface area contributed by atoms with E-state index in [1.807, 2.05) is 86.6 Å². The predicted molar refractivity (Wildman–Crippen MR) is 121 cm³/mol. The van der Waals surface area contributed by atoms with Crippen LogP contribution in [0, 0.1) is 13.8 Å². The van der Waals surface area contributed by atoms with Crippen molar-refractivity contribution in [2.75, 3.05) is 21.7 Å². The average Bonchev–Trinajstić information content (AvgIpc) is 2.71. The largest absolute Gasteiger partial charge is 0.325 e. The lowest BCUT2D eigenvalue weighted by atomic mass is 10.1. The van der Waals surface area contributed by atoms with Gasteiger partial charge in [0, 0.05) is 22.0 Å². The number of nitrogens with one attached hydrogen (secondary N) is 3. The van der Waals surface area contributed by atoms with Gasteiger partial charge in [-0.1, -0.05) is 30.3 Å². The first-order chi connectivity index (χ1) is 14.0. The van der Waals surface area contributed by atoms with Gasteiger partial charge in [0.15, 0.2) is 0 Å². The maximum Gasteiger partial charge on any atom is 0.323 e. The summed E-state index contributed by atoms with van der Waals surface area (Å²) in [6, 6.07) is 22.2. The van der Waals surface area contributed by atoms with Crippen molar-refractivity contribution in [3.8, 4) is 0 Å². The molecule has 148 valence electrons. The van der Waals surface area contributed by atoms with Gasteiger partial charge < -0.3 is 16.0 Å². The fraction of sp³-hybridized carbons (Fsp3) is 0.130. The molecule has 0 atom stereocenters. The zero-order chi connectivity index (χ0) is 20.6. The van der Waals surface area contributed by atoms with Crippen molar-refractivity contribution >= 4 is 40.8 Å². The molecule has 0 aliphatic heterocycles. The molecule has 0 radical (unpaired) electrons. The van der Waals surface area contributed by atoms with Crippen molar-refractivity contribution in [3.05, 3.63) is 83.9 Å². The first-order valence-electron chi connectivity index (χ1n) is 9.23. The molecule has 0 saturated heterocycles. The van der Waals surface area contributed by atoms with E-state index in [0.29, 0.717) is 11.4 Å². The Balaban J connectivity index is 1.48. The van der Waals surface area contributed by atoms with E-state index in [1.54, 1.807) is 0 Å². The van der Waals surface area contributed by atoms with E-state index in [-0.39, 0.29) is 11.9 Å². The van der Waals surface area contributed by atoms with Gasteiger partial charge in [0.2, 0.25) is 5.91 Å². The highest BCUT2D eigenvalue weighted by molar-refractivity contribution is 8.00. The highest BCUT2D eigenvalue weighted by Crippen LogP contribution is 2.22. The molecule has 0 spiro atoms. The Bertz CT molecular complexity index is 989.